The van der Waals surface area contributed by atoms with E-state index >= 15 is 0 Å². The maximum Gasteiger partial charge on any atom is 0.322 e. The maximum atomic E-state index is 12.3. The van der Waals surface area contributed by atoms with Crippen LogP contribution in [0.2, 0.25) is 0 Å². The summed E-state index contributed by atoms with van der Waals surface area (Å²) in [4.78, 5) is 34.1. The van der Waals surface area contributed by atoms with E-state index in [0.717, 1.165) is 4.68 Å². The van der Waals surface area contributed by atoms with Gasteiger partial charge >= 0.3 is 11.7 Å². The van der Waals surface area contributed by atoms with Crippen molar-refractivity contribution in [1.82, 2.24) is 15.1 Å². The number of carbonyl (C=O) groups is 2. The number of nitro groups is 1. The third-order valence-electron chi connectivity index (χ3n) is 3.56. The zero-order valence-electron chi connectivity index (χ0n) is 13.1. The van der Waals surface area contributed by atoms with Crippen molar-refractivity contribution < 1.29 is 19.6 Å². The van der Waals surface area contributed by atoms with Gasteiger partial charge in [-0.05, 0) is 12.5 Å². The molecule has 1 amide bonds. The molecule has 1 heterocycles. The van der Waals surface area contributed by atoms with Crippen molar-refractivity contribution in [2.24, 2.45) is 7.05 Å². The largest absolute Gasteiger partial charge is 0.481 e. The summed E-state index contributed by atoms with van der Waals surface area (Å²) in [6.45, 7) is 1.23. The van der Waals surface area contributed by atoms with Crippen molar-refractivity contribution in [3.05, 3.63) is 57.4 Å². The van der Waals surface area contributed by atoms with Crippen molar-refractivity contribution in [1.29, 1.82) is 0 Å². The number of amides is 1. The molecule has 2 N–H and O–H groups in total. The number of aliphatic carboxylic acids is 1. The van der Waals surface area contributed by atoms with Gasteiger partial charge in [-0.1, -0.05) is 30.3 Å². The van der Waals surface area contributed by atoms with Crippen LogP contribution in [0.3, 0.4) is 0 Å². The number of benzene rings is 1. The fourth-order valence-electron chi connectivity index (χ4n) is 2.43. The Kier molecular flexibility index (Phi) is 4.93. The van der Waals surface area contributed by atoms with Gasteiger partial charge in [-0.2, -0.15) is 5.10 Å². The summed E-state index contributed by atoms with van der Waals surface area (Å²) in [5, 5.41) is 26.8. The van der Waals surface area contributed by atoms with E-state index in [9.17, 15) is 24.8 Å². The molecule has 1 aromatic carbocycles. The van der Waals surface area contributed by atoms with Crippen molar-refractivity contribution in [2.45, 2.75) is 12.8 Å². The molecule has 2 aromatic rings. The molecule has 9 heteroatoms. The molecule has 0 saturated carbocycles. The SMILES string of the molecule is Cc1nn(C)c(C(=O)NCC(C(=O)O)c2ccccc2)c1[N+](=O)[O-]. The number of carboxylic acids is 1. The highest BCUT2D eigenvalue weighted by atomic mass is 16.6. The topological polar surface area (TPSA) is 127 Å². The third kappa shape index (κ3) is 3.40. The predicted octanol–water partition coefficient (Wildman–Crippen LogP) is 1.23. The van der Waals surface area contributed by atoms with Crippen molar-refractivity contribution in [3.63, 3.8) is 0 Å². The van der Waals surface area contributed by atoms with Crippen LogP contribution in [0.4, 0.5) is 5.69 Å². The Hall–Kier alpha value is -3.23. The van der Waals surface area contributed by atoms with E-state index in [-0.39, 0.29) is 23.6 Å². The molecule has 0 aliphatic carbocycles. The molecule has 126 valence electrons. The first-order chi connectivity index (χ1) is 11.3. The number of rotatable bonds is 6. The Morgan fingerprint density at radius 3 is 2.54 bits per heavy atom. The monoisotopic (exact) mass is 332 g/mol. The second-order valence-electron chi connectivity index (χ2n) is 5.17. The number of hydrogen-bond acceptors (Lipinski definition) is 5. The molecule has 1 aromatic heterocycles. The van der Waals surface area contributed by atoms with Gasteiger partial charge in [0.2, 0.25) is 5.69 Å². The predicted molar refractivity (Wildman–Crippen MR) is 83.8 cm³/mol. The lowest BCUT2D eigenvalue weighted by atomic mass is 9.99. The van der Waals surface area contributed by atoms with Gasteiger partial charge in [-0.15, -0.1) is 0 Å². The summed E-state index contributed by atoms with van der Waals surface area (Å²) in [6.07, 6.45) is 0. The zero-order valence-corrected chi connectivity index (χ0v) is 13.1. The zero-order chi connectivity index (χ0) is 17.9. The number of nitrogens with zero attached hydrogens (tertiary/aromatic N) is 3. The Morgan fingerprint density at radius 2 is 2.00 bits per heavy atom. The van der Waals surface area contributed by atoms with Gasteiger partial charge in [0.05, 0.1) is 10.8 Å². The molecule has 0 spiro atoms. The van der Waals surface area contributed by atoms with Crippen LogP contribution < -0.4 is 5.32 Å². The summed E-state index contributed by atoms with van der Waals surface area (Å²) in [6, 6.07) is 8.43. The second kappa shape index (κ2) is 6.90. The summed E-state index contributed by atoms with van der Waals surface area (Å²) in [5.41, 5.74) is 0.0442. The molecule has 9 nitrogen and oxygen atoms in total. The highest BCUT2D eigenvalue weighted by Crippen LogP contribution is 2.22. The van der Waals surface area contributed by atoms with E-state index in [1.54, 1.807) is 30.3 Å². The van der Waals surface area contributed by atoms with E-state index < -0.39 is 22.7 Å². The lowest BCUT2D eigenvalue weighted by molar-refractivity contribution is -0.385. The van der Waals surface area contributed by atoms with Gasteiger partial charge in [-0.25, -0.2) is 0 Å². The van der Waals surface area contributed by atoms with Crippen LogP contribution in [0.25, 0.3) is 0 Å². The van der Waals surface area contributed by atoms with Gasteiger partial charge in [0.1, 0.15) is 5.69 Å². The van der Waals surface area contributed by atoms with E-state index in [2.05, 4.69) is 10.4 Å². The van der Waals surface area contributed by atoms with E-state index in [4.69, 9.17) is 0 Å². The number of carbonyl (C=O) groups excluding carboxylic acids is 1. The highest BCUT2D eigenvalue weighted by molar-refractivity contribution is 5.97. The Bertz CT molecular complexity index is 785. The first kappa shape index (κ1) is 17.1. The average molecular weight is 332 g/mol. The van der Waals surface area contributed by atoms with Gasteiger partial charge in [-0.3, -0.25) is 24.4 Å². The van der Waals surface area contributed by atoms with Crippen molar-refractivity contribution in [2.75, 3.05) is 6.54 Å². The Morgan fingerprint density at radius 1 is 1.38 bits per heavy atom. The molecule has 1 atom stereocenters. The number of hydrogen-bond donors (Lipinski definition) is 2. The van der Waals surface area contributed by atoms with Crippen LogP contribution in [-0.2, 0) is 11.8 Å². The van der Waals surface area contributed by atoms with Gasteiger partial charge in [0.15, 0.2) is 0 Å². The second-order valence-corrected chi connectivity index (χ2v) is 5.17. The molecule has 0 fully saturated rings. The van der Waals surface area contributed by atoms with E-state index in [1.807, 2.05) is 0 Å². The average Bonchev–Trinajstić information content (AvgIpc) is 2.82. The van der Waals surface area contributed by atoms with Gasteiger partial charge in [0.25, 0.3) is 5.91 Å². The van der Waals surface area contributed by atoms with Crippen LogP contribution in [-0.4, -0.2) is 38.2 Å². The minimum absolute atomic E-state index is 0.116. The van der Waals surface area contributed by atoms with Crippen molar-refractivity contribution >= 4 is 17.6 Å². The Labute approximate surface area is 137 Å². The third-order valence-corrected chi connectivity index (χ3v) is 3.56. The molecule has 0 bridgehead atoms. The summed E-state index contributed by atoms with van der Waals surface area (Å²) < 4.78 is 1.11. The van der Waals surface area contributed by atoms with Crippen LogP contribution >= 0.6 is 0 Å². The molecule has 0 aliphatic rings. The summed E-state index contributed by atoms with van der Waals surface area (Å²) in [5.74, 6) is -2.80. The maximum absolute atomic E-state index is 12.3. The number of nitrogens with one attached hydrogen (secondary N) is 1. The normalized spacial score (nSPS) is 11.8. The molecule has 0 aliphatic heterocycles. The number of aromatic nitrogens is 2. The lowest BCUT2D eigenvalue weighted by Crippen LogP contribution is -2.33. The van der Waals surface area contributed by atoms with Crippen LogP contribution in [0, 0.1) is 17.0 Å². The van der Waals surface area contributed by atoms with Crippen molar-refractivity contribution in [3.8, 4) is 0 Å². The van der Waals surface area contributed by atoms with Gasteiger partial charge in [0, 0.05) is 13.6 Å². The molecule has 2 rings (SSSR count). The minimum Gasteiger partial charge on any atom is -0.481 e. The quantitative estimate of drug-likeness (QED) is 0.605. The highest BCUT2D eigenvalue weighted by Gasteiger charge is 2.30. The molecule has 0 saturated heterocycles. The summed E-state index contributed by atoms with van der Waals surface area (Å²) in [7, 11) is 1.42. The van der Waals surface area contributed by atoms with E-state index in [1.165, 1.54) is 14.0 Å². The first-order valence-corrected chi connectivity index (χ1v) is 7.06. The molecular weight excluding hydrogens is 316 g/mol. The lowest BCUT2D eigenvalue weighted by Gasteiger charge is -2.13. The molecule has 0 radical (unpaired) electrons. The van der Waals surface area contributed by atoms with E-state index in [0.29, 0.717) is 5.56 Å². The smallest absolute Gasteiger partial charge is 0.322 e. The first-order valence-electron chi connectivity index (χ1n) is 7.06. The molecular formula is C15H16N4O5. The van der Waals surface area contributed by atoms with Crippen LogP contribution in [0.1, 0.15) is 27.7 Å². The van der Waals surface area contributed by atoms with Crippen LogP contribution in [0.5, 0.6) is 0 Å². The summed E-state index contributed by atoms with van der Waals surface area (Å²) >= 11 is 0. The minimum atomic E-state index is -1.10. The number of carboxylic acid groups (broad SMARTS) is 1. The standard InChI is InChI=1S/C15H16N4O5/c1-9-12(19(23)24)13(18(2)17-9)14(20)16-8-11(15(21)22)10-6-4-3-5-7-10/h3-7,11H,8H2,1-2H3,(H,16,20)(H,21,22). The fraction of sp³-hybridized carbons (Fsp3) is 0.267. The Balaban J connectivity index is 2.21. The molecule has 24 heavy (non-hydrogen) atoms. The number of aryl methyl sites for hydroxylation is 2. The fourth-order valence-corrected chi connectivity index (χ4v) is 2.43. The van der Waals surface area contributed by atoms with Crippen LogP contribution in [0.15, 0.2) is 30.3 Å². The molecule has 1 unspecified atom stereocenters. The van der Waals surface area contributed by atoms with Gasteiger partial charge < -0.3 is 10.4 Å².